The van der Waals surface area contributed by atoms with Crippen LogP contribution in [-0.2, 0) is 0 Å². The molecule has 8 nitrogen and oxygen atoms in total. The van der Waals surface area contributed by atoms with Gasteiger partial charge in [0.15, 0.2) is 0 Å². The zero-order chi connectivity index (χ0) is 17.6. The van der Waals surface area contributed by atoms with Gasteiger partial charge in [0, 0.05) is 5.56 Å². The van der Waals surface area contributed by atoms with Crippen molar-refractivity contribution in [1.82, 2.24) is 15.6 Å². The molecule has 126 valence electrons. The Kier molecular flexibility index (Phi) is 4.70. The Morgan fingerprint density at radius 1 is 1.20 bits per heavy atom. The Morgan fingerprint density at radius 2 is 1.92 bits per heavy atom. The van der Waals surface area contributed by atoms with Gasteiger partial charge in [0.25, 0.3) is 0 Å². The first-order chi connectivity index (χ1) is 12.2. The summed E-state index contributed by atoms with van der Waals surface area (Å²) in [6.45, 7) is 0. The average Bonchev–Trinajstić information content (AvgIpc) is 3.13. The lowest BCUT2D eigenvalue weighted by Crippen LogP contribution is -2.17. The van der Waals surface area contributed by atoms with E-state index in [1.165, 1.54) is 18.3 Å². The molecule has 0 aliphatic rings. The van der Waals surface area contributed by atoms with E-state index >= 15 is 0 Å². The van der Waals surface area contributed by atoms with E-state index in [2.05, 4.69) is 20.7 Å². The van der Waals surface area contributed by atoms with E-state index in [0.717, 1.165) is 0 Å². The van der Waals surface area contributed by atoms with Gasteiger partial charge in [-0.15, -0.1) is 0 Å². The van der Waals surface area contributed by atoms with Crippen LogP contribution in [0.4, 0.5) is 0 Å². The Hall–Kier alpha value is -3.68. The third-order valence-electron chi connectivity index (χ3n) is 3.24. The van der Waals surface area contributed by atoms with Gasteiger partial charge in [-0.1, -0.05) is 5.16 Å². The molecule has 0 aliphatic heterocycles. The molecule has 0 unspecified atom stereocenters. The van der Waals surface area contributed by atoms with E-state index < -0.39 is 5.91 Å². The van der Waals surface area contributed by atoms with Crippen LogP contribution in [0.3, 0.4) is 0 Å². The summed E-state index contributed by atoms with van der Waals surface area (Å²) in [5, 5.41) is 16.8. The fourth-order valence-electron chi connectivity index (χ4n) is 1.95. The van der Waals surface area contributed by atoms with Gasteiger partial charge < -0.3 is 14.4 Å². The van der Waals surface area contributed by atoms with Crippen molar-refractivity contribution in [3.05, 3.63) is 60.0 Å². The van der Waals surface area contributed by atoms with Gasteiger partial charge in [-0.05, 0) is 54.1 Å². The van der Waals surface area contributed by atoms with Crippen LogP contribution in [0.25, 0.3) is 11.4 Å². The minimum absolute atomic E-state index is 0.151. The summed E-state index contributed by atoms with van der Waals surface area (Å²) in [7, 11) is 1.57. The van der Waals surface area contributed by atoms with E-state index in [9.17, 15) is 9.90 Å². The Morgan fingerprint density at radius 3 is 2.60 bits per heavy atom. The van der Waals surface area contributed by atoms with Crippen molar-refractivity contribution in [1.29, 1.82) is 0 Å². The third-order valence-corrected chi connectivity index (χ3v) is 3.24. The Bertz CT molecular complexity index is 886. The highest BCUT2D eigenvalue weighted by atomic mass is 16.5. The lowest BCUT2D eigenvalue weighted by atomic mass is 10.2. The molecular weight excluding hydrogens is 324 g/mol. The number of phenolic OH excluding ortho intramolecular Hbond substituents is 1. The number of ether oxygens (including phenoxy) is 1. The topological polar surface area (TPSA) is 110 Å². The number of amides is 1. The molecule has 1 amide bonds. The van der Waals surface area contributed by atoms with Gasteiger partial charge in [0.05, 0.1) is 13.3 Å². The molecule has 1 heterocycles. The molecule has 2 aromatic carbocycles. The first-order valence-electron chi connectivity index (χ1n) is 7.26. The number of aromatic hydroxyl groups is 1. The number of carbonyl (C=O) groups excluding carboxylic acids is 1. The van der Waals surface area contributed by atoms with Gasteiger partial charge in [-0.3, -0.25) is 4.79 Å². The summed E-state index contributed by atoms with van der Waals surface area (Å²) in [5.41, 5.74) is 3.70. The quantitative estimate of drug-likeness (QED) is 0.545. The Labute approximate surface area is 142 Å². The number of methoxy groups -OCH3 is 1. The number of phenols is 1. The van der Waals surface area contributed by atoms with Crippen LogP contribution in [0, 0.1) is 0 Å². The second-order valence-electron chi connectivity index (χ2n) is 4.94. The van der Waals surface area contributed by atoms with E-state index in [4.69, 9.17) is 9.26 Å². The summed E-state index contributed by atoms with van der Waals surface area (Å²) in [5.74, 6) is 0.318. The van der Waals surface area contributed by atoms with E-state index in [0.29, 0.717) is 16.9 Å². The van der Waals surface area contributed by atoms with Gasteiger partial charge in [0.1, 0.15) is 11.5 Å². The fraction of sp³-hybridized carbons (Fsp3) is 0.0588. The molecular formula is C17H14N4O4. The summed E-state index contributed by atoms with van der Waals surface area (Å²) in [6.07, 6.45) is 1.43. The van der Waals surface area contributed by atoms with Crippen LogP contribution in [0.2, 0.25) is 0 Å². The van der Waals surface area contributed by atoms with Crippen molar-refractivity contribution in [3.8, 4) is 22.9 Å². The van der Waals surface area contributed by atoms with Gasteiger partial charge in [-0.25, -0.2) is 5.43 Å². The Balaban J connectivity index is 1.64. The number of hydrazone groups is 1. The van der Waals surface area contributed by atoms with Crippen LogP contribution in [0.1, 0.15) is 16.2 Å². The number of rotatable bonds is 5. The molecule has 0 aliphatic carbocycles. The predicted octanol–water partition coefficient (Wildman–Crippen LogP) is 2.21. The lowest BCUT2D eigenvalue weighted by molar-refractivity contribution is 0.0911. The van der Waals surface area contributed by atoms with Crippen molar-refractivity contribution >= 4 is 12.1 Å². The maximum atomic E-state index is 12.0. The molecule has 0 fully saturated rings. The second-order valence-corrected chi connectivity index (χ2v) is 4.94. The van der Waals surface area contributed by atoms with Crippen molar-refractivity contribution in [2.75, 3.05) is 7.11 Å². The van der Waals surface area contributed by atoms with Crippen molar-refractivity contribution in [3.63, 3.8) is 0 Å². The molecule has 3 aromatic rings. The standard InChI is InChI=1S/C17H14N4O4/c1-24-14-8-4-12(5-9-14)15-19-17(25-21-15)16(23)20-18-10-11-2-6-13(22)7-3-11/h2-10,22H,1H3,(H,20,23)/b18-10+. The number of nitrogens with one attached hydrogen (secondary N) is 1. The van der Waals surface area contributed by atoms with Crippen molar-refractivity contribution in [2.45, 2.75) is 0 Å². The molecule has 0 spiro atoms. The molecule has 3 rings (SSSR count). The van der Waals surface area contributed by atoms with Gasteiger partial charge >= 0.3 is 11.8 Å². The minimum Gasteiger partial charge on any atom is -0.508 e. The highest BCUT2D eigenvalue weighted by Gasteiger charge is 2.15. The number of hydrogen-bond acceptors (Lipinski definition) is 7. The van der Waals surface area contributed by atoms with Crippen molar-refractivity contribution < 1.29 is 19.2 Å². The molecule has 0 saturated carbocycles. The number of benzene rings is 2. The molecule has 8 heteroatoms. The van der Waals surface area contributed by atoms with E-state index in [-0.39, 0.29) is 17.5 Å². The largest absolute Gasteiger partial charge is 0.508 e. The first kappa shape index (κ1) is 16.2. The average molecular weight is 338 g/mol. The summed E-state index contributed by atoms with van der Waals surface area (Å²) < 4.78 is 10.0. The highest BCUT2D eigenvalue weighted by molar-refractivity contribution is 5.91. The van der Waals surface area contributed by atoms with Crippen molar-refractivity contribution in [2.24, 2.45) is 5.10 Å². The highest BCUT2D eigenvalue weighted by Crippen LogP contribution is 2.19. The van der Waals surface area contributed by atoms with E-state index in [1.807, 2.05) is 0 Å². The van der Waals surface area contributed by atoms with Crippen LogP contribution >= 0.6 is 0 Å². The fourth-order valence-corrected chi connectivity index (χ4v) is 1.95. The molecule has 0 radical (unpaired) electrons. The number of nitrogens with zero attached hydrogens (tertiary/aromatic N) is 3. The van der Waals surface area contributed by atoms with E-state index in [1.54, 1.807) is 43.5 Å². The lowest BCUT2D eigenvalue weighted by Gasteiger charge is -1.98. The molecule has 25 heavy (non-hydrogen) atoms. The molecule has 0 saturated heterocycles. The normalized spacial score (nSPS) is 10.8. The van der Waals surface area contributed by atoms with Gasteiger partial charge in [-0.2, -0.15) is 10.1 Å². The third kappa shape index (κ3) is 3.99. The molecule has 2 N–H and O–H groups in total. The van der Waals surface area contributed by atoms with Gasteiger partial charge in [0.2, 0.25) is 5.82 Å². The smallest absolute Gasteiger partial charge is 0.329 e. The number of aromatic nitrogens is 2. The zero-order valence-electron chi connectivity index (χ0n) is 13.2. The molecule has 0 atom stereocenters. The predicted molar refractivity (Wildman–Crippen MR) is 89.5 cm³/mol. The second kappa shape index (κ2) is 7.26. The first-order valence-corrected chi connectivity index (χ1v) is 7.26. The maximum Gasteiger partial charge on any atom is 0.329 e. The summed E-state index contributed by atoms with van der Waals surface area (Å²) in [4.78, 5) is 16.0. The van der Waals surface area contributed by atoms with Crippen LogP contribution < -0.4 is 10.2 Å². The zero-order valence-corrected chi connectivity index (χ0v) is 13.2. The summed E-state index contributed by atoms with van der Waals surface area (Å²) >= 11 is 0. The van der Waals surface area contributed by atoms with Crippen LogP contribution in [-0.4, -0.2) is 34.5 Å². The summed E-state index contributed by atoms with van der Waals surface area (Å²) in [6, 6.07) is 13.4. The molecule has 1 aromatic heterocycles. The number of hydrogen-bond donors (Lipinski definition) is 2. The molecule has 0 bridgehead atoms. The number of carbonyl (C=O) groups is 1. The van der Waals surface area contributed by atoms with Crippen LogP contribution in [0.5, 0.6) is 11.5 Å². The SMILES string of the molecule is COc1ccc(-c2noc(C(=O)N/N=C/c3ccc(O)cc3)n2)cc1. The monoisotopic (exact) mass is 338 g/mol. The maximum absolute atomic E-state index is 12.0. The minimum atomic E-state index is -0.623. The van der Waals surface area contributed by atoms with Crippen LogP contribution in [0.15, 0.2) is 58.2 Å².